The van der Waals surface area contributed by atoms with Gasteiger partial charge in [0.15, 0.2) is 0 Å². The number of carbonyl (C=O) groups is 1. The Morgan fingerprint density at radius 2 is 2.04 bits per heavy atom. The van der Waals surface area contributed by atoms with Crippen LogP contribution in [0.1, 0.15) is 36.3 Å². The van der Waals surface area contributed by atoms with E-state index in [-0.39, 0.29) is 5.91 Å². The summed E-state index contributed by atoms with van der Waals surface area (Å²) in [7, 11) is 0. The van der Waals surface area contributed by atoms with Gasteiger partial charge in [0.2, 0.25) is 0 Å². The number of benzene rings is 1. The van der Waals surface area contributed by atoms with Gasteiger partial charge in [0.25, 0.3) is 5.91 Å². The van der Waals surface area contributed by atoms with Crippen LogP contribution in [0.3, 0.4) is 0 Å². The van der Waals surface area contributed by atoms with E-state index in [0.29, 0.717) is 11.6 Å². The fourth-order valence-electron chi connectivity index (χ4n) is 2.09. The number of aryl methyl sites for hydroxylation is 1. The summed E-state index contributed by atoms with van der Waals surface area (Å²) in [5, 5.41) is 6.20. The van der Waals surface area contributed by atoms with Crippen LogP contribution in [-0.2, 0) is 0 Å². The molecule has 0 unspecified atom stereocenters. The van der Waals surface area contributed by atoms with Crippen molar-refractivity contribution in [3.05, 3.63) is 52.3 Å². The zero-order valence-electron chi connectivity index (χ0n) is 13.7. The molecule has 23 heavy (non-hydrogen) atoms. The van der Waals surface area contributed by atoms with Crippen LogP contribution < -0.4 is 10.6 Å². The summed E-state index contributed by atoms with van der Waals surface area (Å²) >= 11 is 3.41. The third-order valence-electron chi connectivity index (χ3n) is 3.48. The van der Waals surface area contributed by atoms with Gasteiger partial charge in [0.05, 0.1) is 11.9 Å². The summed E-state index contributed by atoms with van der Waals surface area (Å²) in [5.74, 6) is 0.457. The molecule has 0 aliphatic carbocycles. The van der Waals surface area contributed by atoms with E-state index in [1.54, 1.807) is 12.3 Å². The van der Waals surface area contributed by atoms with E-state index in [2.05, 4.69) is 45.4 Å². The first kappa shape index (κ1) is 17.5. The van der Waals surface area contributed by atoms with E-state index in [9.17, 15) is 4.79 Å². The Bertz CT molecular complexity index is 668. The van der Waals surface area contributed by atoms with Crippen molar-refractivity contribution in [3.8, 4) is 0 Å². The van der Waals surface area contributed by atoms with Crippen LogP contribution in [0.15, 0.2) is 41.0 Å². The molecule has 2 rings (SSSR count). The van der Waals surface area contributed by atoms with Gasteiger partial charge in [-0.05, 0) is 55.2 Å². The van der Waals surface area contributed by atoms with Crippen LogP contribution in [0.2, 0.25) is 0 Å². The number of anilines is 2. The minimum absolute atomic E-state index is 0.204. The van der Waals surface area contributed by atoms with E-state index in [1.807, 2.05) is 31.2 Å². The molecule has 0 aliphatic heterocycles. The van der Waals surface area contributed by atoms with Crippen LogP contribution in [0, 0.1) is 12.8 Å². The van der Waals surface area contributed by atoms with Gasteiger partial charge in [-0.15, -0.1) is 0 Å². The summed E-state index contributed by atoms with van der Waals surface area (Å²) in [6.45, 7) is 7.24. The van der Waals surface area contributed by atoms with Gasteiger partial charge in [0, 0.05) is 16.7 Å². The van der Waals surface area contributed by atoms with Gasteiger partial charge in [-0.3, -0.25) is 4.79 Å². The summed E-state index contributed by atoms with van der Waals surface area (Å²) in [5.41, 5.74) is 3.13. The number of rotatable bonds is 6. The average molecular weight is 376 g/mol. The molecule has 0 spiro atoms. The molecule has 0 saturated carbocycles. The second-order valence-electron chi connectivity index (χ2n) is 5.95. The molecule has 0 fully saturated rings. The van der Waals surface area contributed by atoms with Gasteiger partial charge >= 0.3 is 0 Å². The highest BCUT2D eigenvalue weighted by Gasteiger charge is 2.09. The lowest BCUT2D eigenvalue weighted by Crippen LogP contribution is -2.14. The third kappa shape index (κ3) is 5.36. The van der Waals surface area contributed by atoms with Crippen molar-refractivity contribution in [2.45, 2.75) is 27.2 Å². The molecule has 4 nitrogen and oxygen atoms in total. The molecule has 0 aliphatic rings. The van der Waals surface area contributed by atoms with Crippen molar-refractivity contribution < 1.29 is 4.79 Å². The van der Waals surface area contributed by atoms with Crippen molar-refractivity contribution in [1.29, 1.82) is 0 Å². The van der Waals surface area contributed by atoms with E-state index in [0.717, 1.165) is 34.4 Å². The first-order valence-corrected chi connectivity index (χ1v) is 8.52. The summed E-state index contributed by atoms with van der Waals surface area (Å²) in [6.07, 6.45) is 2.80. The average Bonchev–Trinajstić information content (AvgIpc) is 2.50. The molecular formula is C18H22BrN3O. The third-order valence-corrected chi connectivity index (χ3v) is 3.98. The lowest BCUT2D eigenvalue weighted by molar-refractivity contribution is 0.102. The van der Waals surface area contributed by atoms with Crippen LogP contribution in [0.5, 0.6) is 0 Å². The highest BCUT2D eigenvalue weighted by atomic mass is 79.9. The molecule has 2 N–H and O–H groups in total. The highest BCUT2D eigenvalue weighted by Crippen LogP contribution is 2.20. The number of nitrogens with one attached hydrogen (secondary N) is 2. The van der Waals surface area contributed by atoms with Crippen LogP contribution in [0.4, 0.5) is 11.4 Å². The van der Waals surface area contributed by atoms with Crippen molar-refractivity contribution in [2.75, 3.05) is 17.2 Å². The van der Waals surface area contributed by atoms with Crippen molar-refractivity contribution in [2.24, 2.45) is 5.92 Å². The Kier molecular flexibility index (Phi) is 6.16. The van der Waals surface area contributed by atoms with Crippen molar-refractivity contribution in [1.82, 2.24) is 4.98 Å². The molecule has 122 valence electrons. The predicted molar refractivity (Wildman–Crippen MR) is 99.0 cm³/mol. The maximum Gasteiger partial charge on any atom is 0.274 e. The summed E-state index contributed by atoms with van der Waals surface area (Å²) < 4.78 is 0.989. The topological polar surface area (TPSA) is 54.0 Å². The number of halogens is 1. The number of amides is 1. The lowest BCUT2D eigenvalue weighted by Gasteiger charge is -2.10. The SMILES string of the molecule is Cc1cc(Br)ccc1NC(=O)c1ccc(NCCC(C)C)cn1. The Morgan fingerprint density at radius 3 is 2.65 bits per heavy atom. The standard InChI is InChI=1S/C18H22BrN3O/c1-12(2)8-9-20-15-5-7-17(21-11-15)18(23)22-16-6-4-14(19)10-13(16)3/h4-7,10-12,20H,8-9H2,1-3H3,(H,22,23). The van der Waals surface area contributed by atoms with Crippen LogP contribution in [0.25, 0.3) is 0 Å². The van der Waals surface area contributed by atoms with Crippen LogP contribution >= 0.6 is 15.9 Å². The first-order valence-electron chi connectivity index (χ1n) is 7.73. The molecular weight excluding hydrogens is 354 g/mol. The van der Waals surface area contributed by atoms with E-state index < -0.39 is 0 Å². The second kappa shape index (κ2) is 8.11. The Hall–Kier alpha value is -1.88. The van der Waals surface area contributed by atoms with Crippen molar-refractivity contribution in [3.63, 3.8) is 0 Å². The number of pyridine rings is 1. The molecule has 0 atom stereocenters. The zero-order chi connectivity index (χ0) is 16.8. The molecule has 0 saturated heterocycles. The molecule has 1 aromatic carbocycles. The van der Waals surface area contributed by atoms with Gasteiger partial charge in [-0.25, -0.2) is 4.98 Å². The zero-order valence-corrected chi connectivity index (χ0v) is 15.3. The maximum absolute atomic E-state index is 12.3. The predicted octanol–water partition coefficient (Wildman–Crippen LogP) is 4.86. The minimum Gasteiger partial charge on any atom is -0.384 e. The Labute approximate surface area is 145 Å². The Balaban J connectivity index is 1.97. The fourth-order valence-corrected chi connectivity index (χ4v) is 2.57. The molecule has 0 radical (unpaired) electrons. The molecule has 1 heterocycles. The Morgan fingerprint density at radius 1 is 1.26 bits per heavy atom. The van der Waals surface area contributed by atoms with Gasteiger partial charge in [0.1, 0.15) is 5.69 Å². The normalized spacial score (nSPS) is 10.7. The van der Waals surface area contributed by atoms with Gasteiger partial charge in [-0.1, -0.05) is 29.8 Å². The monoisotopic (exact) mass is 375 g/mol. The molecule has 5 heteroatoms. The quantitative estimate of drug-likeness (QED) is 0.757. The highest BCUT2D eigenvalue weighted by molar-refractivity contribution is 9.10. The molecule has 2 aromatic rings. The van der Waals surface area contributed by atoms with Gasteiger partial charge < -0.3 is 10.6 Å². The lowest BCUT2D eigenvalue weighted by atomic mass is 10.1. The number of carbonyl (C=O) groups excluding carboxylic acids is 1. The van der Waals surface area contributed by atoms with Crippen molar-refractivity contribution >= 4 is 33.2 Å². The molecule has 1 aromatic heterocycles. The van der Waals surface area contributed by atoms with E-state index >= 15 is 0 Å². The van der Waals surface area contributed by atoms with Crippen LogP contribution in [-0.4, -0.2) is 17.4 Å². The van der Waals surface area contributed by atoms with E-state index in [4.69, 9.17) is 0 Å². The fraction of sp³-hybridized carbons (Fsp3) is 0.333. The van der Waals surface area contributed by atoms with E-state index in [1.165, 1.54) is 0 Å². The summed E-state index contributed by atoms with van der Waals surface area (Å²) in [4.78, 5) is 16.5. The largest absolute Gasteiger partial charge is 0.384 e. The first-order chi connectivity index (χ1) is 11.0. The second-order valence-corrected chi connectivity index (χ2v) is 6.87. The molecule has 1 amide bonds. The number of hydrogen-bond donors (Lipinski definition) is 2. The minimum atomic E-state index is -0.204. The smallest absolute Gasteiger partial charge is 0.274 e. The van der Waals surface area contributed by atoms with Gasteiger partial charge in [-0.2, -0.15) is 0 Å². The maximum atomic E-state index is 12.3. The number of nitrogens with zero attached hydrogens (tertiary/aromatic N) is 1. The summed E-state index contributed by atoms with van der Waals surface area (Å²) in [6, 6.07) is 9.36. The number of aromatic nitrogens is 1. The number of hydrogen-bond acceptors (Lipinski definition) is 3. The molecule has 0 bridgehead atoms.